The minimum absolute atomic E-state index is 0.000370. The van der Waals surface area contributed by atoms with Crippen molar-refractivity contribution in [3.8, 4) is 0 Å². The van der Waals surface area contributed by atoms with Crippen molar-refractivity contribution in [3.63, 3.8) is 0 Å². The van der Waals surface area contributed by atoms with Crippen LogP contribution in [0.3, 0.4) is 0 Å². The fraction of sp³-hybridized carbons (Fsp3) is 0.500. The van der Waals surface area contributed by atoms with Crippen molar-refractivity contribution in [1.82, 2.24) is 4.90 Å². The Balaban J connectivity index is 2.64. The quantitative estimate of drug-likeness (QED) is 0.665. The highest BCUT2D eigenvalue weighted by Crippen LogP contribution is 2.14. The molecule has 1 aromatic rings. The van der Waals surface area contributed by atoms with Crippen LogP contribution in [0.2, 0.25) is 0 Å². The third-order valence-corrected chi connectivity index (χ3v) is 3.21. The van der Waals surface area contributed by atoms with Gasteiger partial charge >= 0.3 is 5.97 Å². The molecule has 0 radical (unpaired) electrons. The number of aliphatic carboxylic acids is 1. The van der Waals surface area contributed by atoms with E-state index in [0.717, 1.165) is 0 Å². The molecule has 0 bridgehead atoms. The summed E-state index contributed by atoms with van der Waals surface area (Å²) in [7, 11) is 3.13. The van der Waals surface area contributed by atoms with Crippen LogP contribution in [0.15, 0.2) is 18.2 Å². The van der Waals surface area contributed by atoms with Crippen molar-refractivity contribution in [3.05, 3.63) is 35.1 Å². The summed E-state index contributed by atoms with van der Waals surface area (Å²) in [6, 6.07) is 4.09. The van der Waals surface area contributed by atoms with E-state index in [2.05, 4.69) is 0 Å². The molecule has 0 saturated carbocycles. The minimum atomic E-state index is -0.900. The summed E-state index contributed by atoms with van der Waals surface area (Å²) in [4.78, 5) is 24.2. The van der Waals surface area contributed by atoms with E-state index < -0.39 is 11.8 Å². The zero-order valence-corrected chi connectivity index (χ0v) is 13.4. The Hall–Kier alpha value is -1.99. The summed E-state index contributed by atoms with van der Waals surface area (Å²) in [5.41, 5.74) is 0.639. The van der Waals surface area contributed by atoms with Crippen LogP contribution < -0.4 is 0 Å². The number of methoxy groups -OCH3 is 1. The smallest absolute Gasteiger partial charge is 0.303 e. The third kappa shape index (κ3) is 6.75. The van der Waals surface area contributed by atoms with Gasteiger partial charge in [0.2, 0.25) is 0 Å². The number of hydrogen-bond acceptors (Lipinski definition) is 4. The van der Waals surface area contributed by atoms with Crippen molar-refractivity contribution < 1.29 is 28.6 Å². The summed E-state index contributed by atoms with van der Waals surface area (Å²) < 4.78 is 23.8. The summed E-state index contributed by atoms with van der Waals surface area (Å²) >= 11 is 0. The Bertz CT molecular complexity index is 535. The van der Waals surface area contributed by atoms with Gasteiger partial charge < -0.3 is 19.5 Å². The van der Waals surface area contributed by atoms with Gasteiger partial charge in [0, 0.05) is 38.2 Å². The van der Waals surface area contributed by atoms with Crippen molar-refractivity contribution in [2.75, 3.05) is 33.9 Å². The second kappa shape index (κ2) is 9.91. The molecule has 0 atom stereocenters. The zero-order chi connectivity index (χ0) is 17.2. The van der Waals surface area contributed by atoms with E-state index in [9.17, 15) is 14.0 Å². The Labute approximate surface area is 134 Å². The predicted octanol–water partition coefficient (Wildman–Crippen LogP) is 1.93. The van der Waals surface area contributed by atoms with Gasteiger partial charge in [0.1, 0.15) is 5.82 Å². The minimum Gasteiger partial charge on any atom is -0.481 e. The van der Waals surface area contributed by atoms with Crippen molar-refractivity contribution in [1.29, 1.82) is 0 Å². The number of ether oxygens (including phenoxy) is 2. The molecule has 0 heterocycles. The number of carbonyl (C=O) groups is 2. The van der Waals surface area contributed by atoms with E-state index in [-0.39, 0.29) is 18.9 Å². The van der Waals surface area contributed by atoms with Crippen LogP contribution in [-0.2, 0) is 20.9 Å². The van der Waals surface area contributed by atoms with Gasteiger partial charge in [-0.2, -0.15) is 0 Å². The number of hydrogen-bond donors (Lipinski definition) is 1. The van der Waals surface area contributed by atoms with Gasteiger partial charge in [0.15, 0.2) is 0 Å². The SMILES string of the molecule is COCCOCc1cc(C(=O)N(C)CCCC(=O)O)ccc1F. The van der Waals surface area contributed by atoms with Crippen LogP contribution in [0.5, 0.6) is 0 Å². The molecule has 6 nitrogen and oxygen atoms in total. The van der Waals surface area contributed by atoms with E-state index in [1.807, 2.05) is 0 Å². The molecule has 0 aliphatic carbocycles. The summed E-state index contributed by atoms with van der Waals surface area (Å²) in [6.45, 7) is 1.12. The molecule has 0 aliphatic rings. The second-order valence-electron chi connectivity index (χ2n) is 5.08. The van der Waals surface area contributed by atoms with Crippen LogP contribution >= 0.6 is 0 Å². The Morgan fingerprint density at radius 2 is 2.04 bits per heavy atom. The summed E-state index contributed by atoms with van der Waals surface area (Å²) in [5, 5.41) is 8.60. The maximum absolute atomic E-state index is 13.7. The summed E-state index contributed by atoms with van der Waals surface area (Å²) in [5.74, 6) is -1.62. The van der Waals surface area contributed by atoms with Crippen molar-refractivity contribution >= 4 is 11.9 Å². The molecule has 0 aliphatic heterocycles. The fourth-order valence-electron chi connectivity index (χ4n) is 1.93. The second-order valence-corrected chi connectivity index (χ2v) is 5.08. The van der Waals surface area contributed by atoms with Crippen molar-refractivity contribution in [2.45, 2.75) is 19.4 Å². The lowest BCUT2D eigenvalue weighted by atomic mass is 10.1. The number of carboxylic acids is 1. The average Bonchev–Trinajstić information content (AvgIpc) is 2.52. The fourth-order valence-corrected chi connectivity index (χ4v) is 1.93. The van der Waals surface area contributed by atoms with Gasteiger partial charge in [-0.15, -0.1) is 0 Å². The van der Waals surface area contributed by atoms with Gasteiger partial charge in [0.25, 0.3) is 5.91 Å². The van der Waals surface area contributed by atoms with Gasteiger partial charge in [-0.1, -0.05) is 0 Å². The van der Waals surface area contributed by atoms with Crippen molar-refractivity contribution in [2.24, 2.45) is 0 Å². The highest BCUT2D eigenvalue weighted by molar-refractivity contribution is 5.94. The topological polar surface area (TPSA) is 76.1 Å². The van der Waals surface area contributed by atoms with E-state index in [1.165, 1.54) is 23.1 Å². The first-order chi connectivity index (χ1) is 11.0. The average molecular weight is 327 g/mol. The van der Waals surface area contributed by atoms with E-state index in [1.54, 1.807) is 14.2 Å². The monoisotopic (exact) mass is 327 g/mol. The molecule has 0 fully saturated rings. The molecular weight excluding hydrogens is 305 g/mol. The standard InChI is InChI=1S/C16H22FNO5/c1-18(7-3-4-15(19)20)16(21)12-5-6-14(17)13(10-12)11-23-9-8-22-2/h5-6,10H,3-4,7-9,11H2,1-2H3,(H,19,20). The first-order valence-corrected chi connectivity index (χ1v) is 7.28. The Morgan fingerprint density at radius 1 is 1.30 bits per heavy atom. The highest BCUT2D eigenvalue weighted by Gasteiger charge is 2.14. The van der Waals surface area contributed by atoms with Gasteiger partial charge in [-0.05, 0) is 24.6 Å². The maximum atomic E-state index is 13.7. The lowest BCUT2D eigenvalue weighted by Crippen LogP contribution is -2.28. The molecule has 128 valence electrons. The summed E-state index contributed by atoms with van der Waals surface area (Å²) in [6.07, 6.45) is 0.366. The number of benzene rings is 1. The molecule has 0 spiro atoms. The number of amides is 1. The molecule has 23 heavy (non-hydrogen) atoms. The Morgan fingerprint density at radius 3 is 2.70 bits per heavy atom. The zero-order valence-electron chi connectivity index (χ0n) is 13.4. The van der Waals surface area contributed by atoms with E-state index in [4.69, 9.17) is 14.6 Å². The van der Waals surface area contributed by atoms with E-state index >= 15 is 0 Å². The van der Waals surface area contributed by atoms with E-state index in [0.29, 0.717) is 37.3 Å². The molecule has 7 heteroatoms. The number of nitrogens with zero attached hydrogens (tertiary/aromatic N) is 1. The van der Waals surface area contributed by atoms with Crippen LogP contribution in [0.1, 0.15) is 28.8 Å². The molecule has 0 aromatic heterocycles. The molecule has 1 amide bonds. The van der Waals surface area contributed by atoms with Crippen LogP contribution in [0, 0.1) is 5.82 Å². The van der Waals surface area contributed by atoms with Gasteiger partial charge in [0.05, 0.1) is 19.8 Å². The van der Waals surface area contributed by atoms with Crippen LogP contribution in [0.25, 0.3) is 0 Å². The first-order valence-electron chi connectivity index (χ1n) is 7.28. The number of carbonyl (C=O) groups excluding carboxylic acids is 1. The third-order valence-electron chi connectivity index (χ3n) is 3.21. The number of carboxylic acid groups (broad SMARTS) is 1. The molecule has 0 saturated heterocycles. The number of halogens is 1. The normalized spacial score (nSPS) is 10.6. The lowest BCUT2D eigenvalue weighted by molar-refractivity contribution is -0.137. The van der Waals surface area contributed by atoms with Crippen LogP contribution in [-0.4, -0.2) is 55.8 Å². The highest BCUT2D eigenvalue weighted by atomic mass is 19.1. The molecule has 1 N–H and O–H groups in total. The number of rotatable bonds is 10. The van der Waals surface area contributed by atoms with Gasteiger partial charge in [-0.3, -0.25) is 9.59 Å². The first kappa shape index (κ1) is 19.1. The largest absolute Gasteiger partial charge is 0.481 e. The molecule has 1 aromatic carbocycles. The Kier molecular flexibility index (Phi) is 8.21. The molecule has 1 rings (SSSR count). The lowest BCUT2D eigenvalue weighted by Gasteiger charge is -2.17. The molecular formula is C16H22FNO5. The van der Waals surface area contributed by atoms with Crippen LogP contribution in [0.4, 0.5) is 4.39 Å². The maximum Gasteiger partial charge on any atom is 0.303 e. The predicted molar refractivity (Wildman–Crippen MR) is 81.8 cm³/mol. The molecule has 0 unspecified atom stereocenters. The van der Waals surface area contributed by atoms with Gasteiger partial charge in [-0.25, -0.2) is 4.39 Å².